The number of hydrogen-bond donors (Lipinski definition) is 2. The number of halogens is 1. The number of carbonyl (C=O) groups is 2. The van der Waals surface area contributed by atoms with Gasteiger partial charge in [-0.3, -0.25) is 14.5 Å². The fraction of sp³-hybridized carbons (Fsp3) is 0.300. The lowest BCUT2D eigenvalue weighted by atomic mass is 10.0. The van der Waals surface area contributed by atoms with Crippen LogP contribution in [0.2, 0.25) is 0 Å². The fourth-order valence-corrected chi connectivity index (χ4v) is 2.90. The monoisotopic (exact) mass is 417 g/mol. The van der Waals surface area contributed by atoms with E-state index in [0.717, 1.165) is 4.47 Å². The molecule has 2 rings (SSSR count). The first-order valence-electron chi connectivity index (χ1n) is 8.50. The Hall–Kier alpha value is -2.18. The molecule has 2 amide bonds. The van der Waals surface area contributed by atoms with Crippen LogP contribution in [0.15, 0.2) is 59.1 Å². The topological polar surface area (TPSA) is 61.4 Å². The van der Waals surface area contributed by atoms with Crippen molar-refractivity contribution in [3.63, 3.8) is 0 Å². The van der Waals surface area contributed by atoms with Crippen molar-refractivity contribution < 1.29 is 9.59 Å². The average molecular weight is 418 g/mol. The van der Waals surface area contributed by atoms with Crippen LogP contribution in [0.5, 0.6) is 0 Å². The van der Waals surface area contributed by atoms with Crippen LogP contribution in [0.1, 0.15) is 18.4 Å². The lowest BCUT2D eigenvalue weighted by molar-refractivity contribution is -0.123. The van der Waals surface area contributed by atoms with Crippen LogP contribution < -0.4 is 10.6 Å². The van der Waals surface area contributed by atoms with E-state index in [0.29, 0.717) is 12.2 Å². The van der Waals surface area contributed by atoms with Gasteiger partial charge in [0, 0.05) is 11.0 Å². The molecule has 0 fully saturated rings. The van der Waals surface area contributed by atoms with Crippen LogP contribution in [-0.4, -0.2) is 43.4 Å². The molecule has 0 unspecified atom stereocenters. The van der Waals surface area contributed by atoms with Gasteiger partial charge in [0.1, 0.15) is 0 Å². The molecule has 2 aromatic carbocycles. The molecule has 0 aliphatic carbocycles. The highest BCUT2D eigenvalue weighted by atomic mass is 79.9. The minimum Gasteiger partial charge on any atom is -0.354 e. The van der Waals surface area contributed by atoms with Crippen molar-refractivity contribution in [3.8, 4) is 0 Å². The van der Waals surface area contributed by atoms with Crippen molar-refractivity contribution in [2.45, 2.75) is 12.8 Å². The quantitative estimate of drug-likeness (QED) is 0.692. The summed E-state index contributed by atoms with van der Waals surface area (Å²) in [4.78, 5) is 25.9. The SMILES string of the molecule is C[C@H](CNC(=O)CN(C)CC(=O)Nc1ccccc1Br)c1ccccc1. The van der Waals surface area contributed by atoms with Gasteiger partial charge in [0.25, 0.3) is 0 Å². The highest BCUT2D eigenvalue weighted by molar-refractivity contribution is 9.10. The molecular weight excluding hydrogens is 394 g/mol. The fourth-order valence-electron chi connectivity index (χ4n) is 2.52. The van der Waals surface area contributed by atoms with E-state index >= 15 is 0 Å². The molecule has 0 aliphatic heterocycles. The number of rotatable bonds is 8. The second kappa shape index (κ2) is 10.1. The number of nitrogens with one attached hydrogen (secondary N) is 2. The Morgan fingerprint density at radius 1 is 1.00 bits per heavy atom. The largest absolute Gasteiger partial charge is 0.354 e. The van der Waals surface area contributed by atoms with Gasteiger partial charge >= 0.3 is 0 Å². The number of benzene rings is 2. The molecule has 138 valence electrons. The van der Waals surface area contributed by atoms with Crippen LogP contribution in [0.25, 0.3) is 0 Å². The van der Waals surface area contributed by atoms with Gasteiger partial charge in [0.15, 0.2) is 0 Å². The Balaban J connectivity index is 1.73. The van der Waals surface area contributed by atoms with Crippen molar-refractivity contribution >= 4 is 33.4 Å². The summed E-state index contributed by atoms with van der Waals surface area (Å²) in [6, 6.07) is 17.5. The summed E-state index contributed by atoms with van der Waals surface area (Å²) in [5, 5.41) is 5.75. The van der Waals surface area contributed by atoms with Crippen molar-refractivity contribution in [1.29, 1.82) is 0 Å². The summed E-state index contributed by atoms with van der Waals surface area (Å²) in [5.74, 6) is -0.0157. The predicted molar refractivity (Wildman–Crippen MR) is 108 cm³/mol. The molecule has 26 heavy (non-hydrogen) atoms. The van der Waals surface area contributed by atoms with Crippen LogP contribution in [0.4, 0.5) is 5.69 Å². The number of likely N-dealkylation sites (N-methyl/N-ethyl adjacent to an activating group) is 1. The Labute approximate surface area is 162 Å². The molecule has 0 aliphatic rings. The van der Waals surface area contributed by atoms with Crippen LogP contribution >= 0.6 is 15.9 Å². The van der Waals surface area contributed by atoms with Crippen molar-refractivity contribution in [1.82, 2.24) is 10.2 Å². The molecule has 2 aromatic rings. The Bertz CT molecular complexity index is 737. The molecule has 6 heteroatoms. The Morgan fingerprint density at radius 2 is 1.62 bits per heavy atom. The van der Waals surface area contributed by atoms with Crippen molar-refractivity contribution in [2.24, 2.45) is 0 Å². The zero-order valence-electron chi connectivity index (χ0n) is 15.0. The van der Waals surface area contributed by atoms with Gasteiger partial charge in [-0.25, -0.2) is 0 Å². The highest BCUT2D eigenvalue weighted by Gasteiger charge is 2.13. The summed E-state index contributed by atoms with van der Waals surface area (Å²) < 4.78 is 0.823. The second-order valence-corrected chi connectivity index (χ2v) is 7.17. The molecule has 0 spiro atoms. The summed E-state index contributed by atoms with van der Waals surface area (Å²) >= 11 is 3.39. The highest BCUT2D eigenvalue weighted by Crippen LogP contribution is 2.20. The molecule has 0 radical (unpaired) electrons. The molecular formula is C20H24BrN3O2. The Kier molecular flexibility index (Phi) is 7.81. The van der Waals surface area contributed by atoms with Crippen molar-refractivity contribution in [3.05, 3.63) is 64.6 Å². The summed E-state index contributed by atoms with van der Waals surface area (Å²) in [6.07, 6.45) is 0. The van der Waals surface area contributed by atoms with Gasteiger partial charge in [0.05, 0.1) is 18.8 Å². The number of anilines is 1. The zero-order chi connectivity index (χ0) is 18.9. The molecule has 0 saturated carbocycles. The number of carbonyl (C=O) groups excluding carboxylic acids is 2. The molecule has 1 atom stereocenters. The van der Waals surface area contributed by atoms with E-state index in [9.17, 15) is 9.59 Å². The minimum atomic E-state index is -0.162. The number of hydrogen-bond acceptors (Lipinski definition) is 3. The molecule has 0 bridgehead atoms. The number of amides is 2. The van der Waals surface area contributed by atoms with Crippen LogP contribution in [0, 0.1) is 0 Å². The number of nitrogens with zero attached hydrogens (tertiary/aromatic N) is 1. The number of para-hydroxylation sites is 1. The van der Waals surface area contributed by atoms with Gasteiger partial charge in [-0.2, -0.15) is 0 Å². The van der Waals surface area contributed by atoms with Gasteiger partial charge in [0.2, 0.25) is 11.8 Å². The van der Waals surface area contributed by atoms with Gasteiger partial charge in [-0.1, -0.05) is 49.4 Å². The maximum absolute atomic E-state index is 12.1. The van der Waals surface area contributed by atoms with E-state index in [1.807, 2.05) is 42.5 Å². The average Bonchev–Trinajstić information content (AvgIpc) is 2.62. The first-order valence-corrected chi connectivity index (χ1v) is 9.29. The summed E-state index contributed by atoms with van der Waals surface area (Å²) in [7, 11) is 1.75. The van der Waals surface area contributed by atoms with E-state index in [2.05, 4.69) is 45.6 Å². The lowest BCUT2D eigenvalue weighted by Crippen LogP contribution is -2.40. The normalized spacial score (nSPS) is 11.8. The first-order chi connectivity index (χ1) is 12.5. The van der Waals surface area contributed by atoms with E-state index < -0.39 is 0 Å². The third kappa shape index (κ3) is 6.61. The second-order valence-electron chi connectivity index (χ2n) is 6.32. The van der Waals surface area contributed by atoms with E-state index in [4.69, 9.17) is 0 Å². The third-order valence-corrected chi connectivity index (χ3v) is 4.64. The molecule has 5 nitrogen and oxygen atoms in total. The molecule has 0 heterocycles. The summed E-state index contributed by atoms with van der Waals surface area (Å²) in [5.41, 5.74) is 1.90. The zero-order valence-corrected chi connectivity index (χ0v) is 16.6. The standard InChI is InChI=1S/C20H24BrN3O2/c1-15(16-8-4-3-5-9-16)12-22-19(25)13-24(2)14-20(26)23-18-11-7-6-10-17(18)21/h3-11,15H,12-14H2,1-2H3,(H,22,25)(H,23,26)/t15-/m1/s1. The van der Waals surface area contributed by atoms with Gasteiger partial charge in [-0.15, -0.1) is 0 Å². The Morgan fingerprint density at radius 3 is 2.31 bits per heavy atom. The molecule has 2 N–H and O–H groups in total. The van der Waals surface area contributed by atoms with Gasteiger partial charge in [-0.05, 0) is 46.6 Å². The molecule has 0 saturated heterocycles. The maximum Gasteiger partial charge on any atom is 0.238 e. The summed E-state index contributed by atoms with van der Waals surface area (Å²) in [6.45, 7) is 2.96. The van der Waals surface area contributed by atoms with Crippen molar-refractivity contribution in [2.75, 3.05) is 32.0 Å². The third-order valence-electron chi connectivity index (χ3n) is 3.95. The van der Waals surface area contributed by atoms with E-state index in [1.165, 1.54) is 5.56 Å². The van der Waals surface area contributed by atoms with E-state index in [1.54, 1.807) is 11.9 Å². The molecule has 0 aromatic heterocycles. The van der Waals surface area contributed by atoms with Crippen LogP contribution in [-0.2, 0) is 9.59 Å². The lowest BCUT2D eigenvalue weighted by Gasteiger charge is -2.18. The predicted octanol–water partition coefficient (Wildman–Crippen LogP) is 3.24. The minimum absolute atomic E-state index is 0.0935. The van der Waals surface area contributed by atoms with Gasteiger partial charge < -0.3 is 10.6 Å². The first kappa shape index (κ1) is 20.1. The van der Waals surface area contributed by atoms with E-state index in [-0.39, 0.29) is 30.8 Å². The van der Waals surface area contributed by atoms with Crippen LogP contribution in [0.3, 0.4) is 0 Å². The smallest absolute Gasteiger partial charge is 0.238 e. The maximum atomic E-state index is 12.1.